The second-order valence-corrected chi connectivity index (χ2v) is 8.32. The Labute approximate surface area is 83.5 Å². The van der Waals surface area contributed by atoms with Gasteiger partial charge in [0.05, 0.1) is 0 Å². The van der Waals surface area contributed by atoms with Crippen LogP contribution in [0.15, 0.2) is 0 Å². The van der Waals surface area contributed by atoms with Crippen LogP contribution in [0.2, 0.25) is 0 Å². The van der Waals surface area contributed by atoms with Crippen LogP contribution in [0.3, 0.4) is 0 Å². The Balaban J connectivity index is 3.43. The van der Waals surface area contributed by atoms with E-state index >= 15 is 0 Å². The Kier molecular flexibility index (Phi) is 2.28. The van der Waals surface area contributed by atoms with E-state index in [9.17, 15) is 16.8 Å². The molecule has 0 spiro atoms. The summed E-state index contributed by atoms with van der Waals surface area (Å²) in [5.41, 5.74) is 0. The van der Waals surface area contributed by atoms with Gasteiger partial charge in [-0.25, -0.2) is 8.37 Å². The lowest BCUT2D eigenvalue weighted by Crippen LogP contribution is -2.54. The molecule has 84 valence electrons. The standard InChI is InChI=1S/C6H12O6S2/c1-5(2)11-13(7,8)6(3,4)14(9,10)12-5/h1-4H3. The van der Waals surface area contributed by atoms with Gasteiger partial charge < -0.3 is 0 Å². The molecule has 0 amide bonds. The molecule has 0 aromatic carbocycles. The Bertz CT molecular complexity index is 401. The van der Waals surface area contributed by atoms with E-state index in [0.717, 1.165) is 13.8 Å². The molecule has 14 heavy (non-hydrogen) atoms. The average Bonchev–Trinajstić information content (AvgIpc) is 1.77. The summed E-state index contributed by atoms with van der Waals surface area (Å²) in [4.78, 5) is 0. The van der Waals surface area contributed by atoms with Gasteiger partial charge in [0.1, 0.15) is 0 Å². The van der Waals surface area contributed by atoms with Gasteiger partial charge in [-0.05, 0) is 27.7 Å². The fourth-order valence-electron chi connectivity index (χ4n) is 0.868. The molecule has 0 aliphatic carbocycles. The largest absolute Gasteiger partial charge is 0.292 e. The van der Waals surface area contributed by atoms with Crippen molar-refractivity contribution >= 4 is 20.2 Å². The lowest BCUT2D eigenvalue weighted by Gasteiger charge is -2.36. The van der Waals surface area contributed by atoms with E-state index in [4.69, 9.17) is 0 Å². The van der Waals surface area contributed by atoms with Crippen molar-refractivity contribution in [2.75, 3.05) is 0 Å². The molecular weight excluding hydrogens is 232 g/mol. The van der Waals surface area contributed by atoms with Crippen molar-refractivity contribution in [2.45, 2.75) is 37.6 Å². The maximum atomic E-state index is 11.5. The minimum Gasteiger partial charge on any atom is -0.233 e. The second kappa shape index (κ2) is 2.69. The average molecular weight is 244 g/mol. The van der Waals surface area contributed by atoms with Crippen molar-refractivity contribution in [3.05, 3.63) is 0 Å². The predicted molar refractivity (Wildman–Crippen MR) is 48.2 cm³/mol. The first kappa shape index (κ1) is 11.9. The lowest BCUT2D eigenvalue weighted by molar-refractivity contribution is -0.0812. The van der Waals surface area contributed by atoms with Gasteiger partial charge in [-0.1, -0.05) is 0 Å². The first-order chi connectivity index (χ1) is 5.91. The predicted octanol–water partition coefficient (Wildman–Crippen LogP) is 0.165. The molecule has 0 aromatic heterocycles. The molecule has 1 rings (SSSR count). The maximum absolute atomic E-state index is 11.5. The van der Waals surface area contributed by atoms with Gasteiger partial charge in [-0.3, -0.25) is 0 Å². The highest BCUT2D eigenvalue weighted by Gasteiger charge is 2.57. The topological polar surface area (TPSA) is 86.7 Å². The molecule has 0 aromatic rings. The van der Waals surface area contributed by atoms with Gasteiger partial charge in [0, 0.05) is 0 Å². The summed E-state index contributed by atoms with van der Waals surface area (Å²) in [5, 5.41) is 0. The fraction of sp³-hybridized carbons (Fsp3) is 1.00. The van der Waals surface area contributed by atoms with Crippen molar-refractivity contribution in [2.24, 2.45) is 0 Å². The molecule has 0 atom stereocenters. The van der Waals surface area contributed by atoms with Gasteiger partial charge in [0.15, 0.2) is 5.79 Å². The Morgan fingerprint density at radius 1 is 0.786 bits per heavy atom. The number of hydrogen-bond donors (Lipinski definition) is 0. The minimum absolute atomic E-state index is 1.02. The zero-order valence-electron chi connectivity index (χ0n) is 8.27. The van der Waals surface area contributed by atoms with Gasteiger partial charge in [0.2, 0.25) is 4.08 Å². The van der Waals surface area contributed by atoms with Crippen molar-refractivity contribution in [1.82, 2.24) is 0 Å². The summed E-state index contributed by atoms with van der Waals surface area (Å²) in [6, 6.07) is 0. The van der Waals surface area contributed by atoms with Crippen LogP contribution >= 0.6 is 0 Å². The van der Waals surface area contributed by atoms with Crippen LogP contribution in [-0.4, -0.2) is 26.7 Å². The van der Waals surface area contributed by atoms with Crippen molar-refractivity contribution < 1.29 is 25.2 Å². The highest BCUT2D eigenvalue weighted by Crippen LogP contribution is 2.38. The maximum Gasteiger partial charge on any atom is 0.292 e. The van der Waals surface area contributed by atoms with Crippen molar-refractivity contribution in [3.63, 3.8) is 0 Å². The number of rotatable bonds is 0. The van der Waals surface area contributed by atoms with Crippen molar-refractivity contribution in [3.8, 4) is 0 Å². The highest BCUT2D eigenvalue weighted by atomic mass is 32.3. The molecule has 1 fully saturated rings. The van der Waals surface area contributed by atoms with Gasteiger partial charge in [-0.15, -0.1) is 0 Å². The zero-order valence-corrected chi connectivity index (χ0v) is 9.90. The molecule has 0 saturated carbocycles. The minimum atomic E-state index is -4.19. The number of hydrogen-bond acceptors (Lipinski definition) is 6. The Hall–Kier alpha value is -0.180. The normalized spacial score (nSPS) is 32.3. The van der Waals surface area contributed by atoms with E-state index in [0.29, 0.717) is 0 Å². The third kappa shape index (κ3) is 1.56. The SMILES string of the molecule is CC1(C)OS(=O)(=O)C(C)(C)S(=O)(=O)O1. The molecule has 0 N–H and O–H groups in total. The molecule has 0 radical (unpaired) electrons. The molecule has 0 unspecified atom stereocenters. The van der Waals surface area contributed by atoms with Gasteiger partial charge in [-0.2, -0.15) is 16.8 Å². The van der Waals surface area contributed by atoms with E-state index in [1.807, 2.05) is 0 Å². The first-order valence-electron chi connectivity index (χ1n) is 3.82. The Morgan fingerprint density at radius 3 is 1.36 bits per heavy atom. The van der Waals surface area contributed by atoms with Crippen LogP contribution in [0.4, 0.5) is 0 Å². The molecule has 1 aliphatic heterocycles. The van der Waals surface area contributed by atoms with Crippen LogP contribution < -0.4 is 0 Å². The third-order valence-electron chi connectivity index (χ3n) is 1.82. The summed E-state index contributed by atoms with van der Waals surface area (Å²) in [6.45, 7) is 4.48. The summed E-state index contributed by atoms with van der Waals surface area (Å²) < 4.78 is 52.9. The molecule has 1 heterocycles. The smallest absolute Gasteiger partial charge is 0.233 e. The first-order valence-corrected chi connectivity index (χ1v) is 6.63. The summed E-state index contributed by atoms with van der Waals surface area (Å²) >= 11 is 0. The quantitative estimate of drug-likeness (QED) is 0.564. The second-order valence-electron chi connectivity index (χ2n) is 3.87. The monoisotopic (exact) mass is 244 g/mol. The Morgan fingerprint density at radius 2 is 1.07 bits per heavy atom. The molecule has 0 bridgehead atoms. The van der Waals surface area contributed by atoms with E-state index in [2.05, 4.69) is 8.37 Å². The highest BCUT2D eigenvalue weighted by molar-refractivity contribution is 8.06. The molecular formula is C6H12O6S2. The van der Waals surface area contributed by atoms with Crippen LogP contribution in [0, 0.1) is 0 Å². The summed E-state index contributed by atoms with van der Waals surface area (Å²) in [5.74, 6) is -1.67. The van der Waals surface area contributed by atoms with Crippen molar-refractivity contribution in [1.29, 1.82) is 0 Å². The molecule has 1 saturated heterocycles. The van der Waals surface area contributed by atoms with E-state index < -0.39 is 30.1 Å². The van der Waals surface area contributed by atoms with E-state index in [-0.39, 0.29) is 0 Å². The van der Waals surface area contributed by atoms with E-state index in [1.54, 1.807) is 0 Å². The summed E-state index contributed by atoms with van der Waals surface area (Å²) in [7, 11) is -8.38. The molecule has 6 nitrogen and oxygen atoms in total. The zero-order chi connectivity index (χ0) is 11.4. The van der Waals surface area contributed by atoms with Crippen LogP contribution in [0.5, 0.6) is 0 Å². The van der Waals surface area contributed by atoms with Gasteiger partial charge >= 0.3 is 0 Å². The third-order valence-corrected chi connectivity index (χ3v) is 6.70. The molecule has 1 aliphatic rings. The van der Waals surface area contributed by atoms with Crippen LogP contribution in [0.25, 0.3) is 0 Å². The van der Waals surface area contributed by atoms with E-state index in [1.165, 1.54) is 13.8 Å². The molecule has 8 heteroatoms. The lowest BCUT2D eigenvalue weighted by atomic mass is 10.4. The van der Waals surface area contributed by atoms with Crippen LogP contribution in [0.1, 0.15) is 27.7 Å². The van der Waals surface area contributed by atoms with Gasteiger partial charge in [0.25, 0.3) is 20.2 Å². The van der Waals surface area contributed by atoms with Crippen LogP contribution in [-0.2, 0) is 28.6 Å². The summed E-state index contributed by atoms with van der Waals surface area (Å²) in [6.07, 6.45) is 0. The fourth-order valence-corrected chi connectivity index (χ4v) is 3.64.